The molecule has 1 aromatic carbocycles. The van der Waals surface area contributed by atoms with Gasteiger partial charge in [0.25, 0.3) is 0 Å². The molecule has 1 heterocycles. The number of hydrogen-bond acceptors (Lipinski definition) is 4. The van der Waals surface area contributed by atoms with Crippen LogP contribution in [0.1, 0.15) is 43.0 Å². The molecule has 0 aliphatic rings. The van der Waals surface area contributed by atoms with Crippen LogP contribution in [0.15, 0.2) is 29.6 Å². The number of benzene rings is 1. The van der Waals surface area contributed by atoms with Crippen molar-refractivity contribution in [3.05, 3.63) is 45.9 Å². The van der Waals surface area contributed by atoms with Gasteiger partial charge in [0.2, 0.25) is 0 Å². The van der Waals surface area contributed by atoms with Crippen LogP contribution in [-0.4, -0.2) is 11.0 Å². The predicted octanol–water partition coefficient (Wildman–Crippen LogP) is 4.31. The van der Waals surface area contributed by atoms with Crippen LogP contribution in [0.2, 0.25) is 0 Å². The molecule has 2 rings (SSSR count). The second kappa shape index (κ2) is 8.15. The van der Waals surface area contributed by atoms with E-state index in [9.17, 15) is 0 Å². The lowest BCUT2D eigenvalue weighted by Gasteiger charge is -2.13. The minimum Gasteiger partial charge on any atom is -0.486 e. The fourth-order valence-corrected chi connectivity index (χ4v) is 2.81. The lowest BCUT2D eigenvalue weighted by atomic mass is 10.2. The molecule has 0 amide bonds. The van der Waals surface area contributed by atoms with Crippen molar-refractivity contribution in [3.8, 4) is 5.75 Å². The first kappa shape index (κ1) is 16.0. The van der Waals surface area contributed by atoms with Crippen molar-refractivity contribution in [2.45, 2.75) is 52.8 Å². The Hall–Kier alpha value is -1.39. The maximum atomic E-state index is 5.76. The van der Waals surface area contributed by atoms with Gasteiger partial charge >= 0.3 is 0 Å². The van der Waals surface area contributed by atoms with Gasteiger partial charge in [0.05, 0.1) is 5.69 Å². The highest BCUT2D eigenvalue weighted by Gasteiger charge is 2.06. The minimum absolute atomic E-state index is 0.540. The summed E-state index contributed by atoms with van der Waals surface area (Å²) in [5.74, 6) is 0.896. The molecule has 21 heavy (non-hydrogen) atoms. The summed E-state index contributed by atoms with van der Waals surface area (Å²) in [7, 11) is 0. The Morgan fingerprint density at radius 2 is 1.90 bits per heavy atom. The molecule has 0 saturated carbocycles. The van der Waals surface area contributed by atoms with Gasteiger partial charge < -0.3 is 10.1 Å². The fourth-order valence-electron chi connectivity index (χ4n) is 2.10. The monoisotopic (exact) mass is 304 g/mol. The molecule has 0 saturated heterocycles. The van der Waals surface area contributed by atoms with Gasteiger partial charge in [-0.25, -0.2) is 4.98 Å². The number of nitrogens with zero attached hydrogens (tertiary/aromatic N) is 1. The second-order valence-corrected chi connectivity index (χ2v) is 6.17. The molecule has 1 aromatic heterocycles. The van der Waals surface area contributed by atoms with Crippen molar-refractivity contribution >= 4 is 11.3 Å². The first-order valence-electron chi connectivity index (χ1n) is 7.57. The van der Waals surface area contributed by atoms with Crippen LogP contribution in [0.25, 0.3) is 0 Å². The second-order valence-electron chi connectivity index (χ2n) is 5.23. The zero-order valence-corrected chi connectivity index (χ0v) is 13.9. The molecule has 0 fully saturated rings. The van der Waals surface area contributed by atoms with E-state index in [1.54, 1.807) is 11.3 Å². The first-order valence-corrected chi connectivity index (χ1v) is 8.45. The van der Waals surface area contributed by atoms with Crippen molar-refractivity contribution in [1.82, 2.24) is 10.3 Å². The molecule has 114 valence electrons. The van der Waals surface area contributed by atoms with Gasteiger partial charge in [0, 0.05) is 18.0 Å². The summed E-state index contributed by atoms with van der Waals surface area (Å²) >= 11 is 1.66. The number of hydrogen-bond donors (Lipinski definition) is 1. The molecule has 0 unspecified atom stereocenters. The van der Waals surface area contributed by atoms with Crippen LogP contribution < -0.4 is 10.1 Å². The number of aryl methyl sites for hydroxylation is 1. The van der Waals surface area contributed by atoms with E-state index in [1.807, 2.05) is 12.1 Å². The molecule has 2 aromatic rings. The van der Waals surface area contributed by atoms with Crippen molar-refractivity contribution < 1.29 is 4.74 Å². The van der Waals surface area contributed by atoms with E-state index in [4.69, 9.17) is 4.74 Å². The Kier molecular flexibility index (Phi) is 6.21. The molecule has 1 N–H and O–H groups in total. The Bertz CT molecular complexity index is 532. The number of ether oxygens (including phenoxy) is 1. The van der Waals surface area contributed by atoms with E-state index in [1.165, 1.54) is 5.56 Å². The van der Waals surface area contributed by atoms with Crippen molar-refractivity contribution in [2.24, 2.45) is 0 Å². The first-order chi connectivity index (χ1) is 10.2. The average Bonchev–Trinajstić information content (AvgIpc) is 2.96. The molecule has 0 atom stereocenters. The van der Waals surface area contributed by atoms with Crippen molar-refractivity contribution in [1.29, 1.82) is 0 Å². The molecular formula is C17H24N2OS. The topological polar surface area (TPSA) is 34.1 Å². The van der Waals surface area contributed by atoms with E-state index in [2.05, 4.69) is 48.6 Å². The van der Waals surface area contributed by atoms with Crippen LogP contribution in [0.5, 0.6) is 5.75 Å². The third-order valence-electron chi connectivity index (χ3n) is 3.54. The van der Waals surface area contributed by atoms with Crippen LogP contribution >= 0.6 is 11.3 Å². The number of aromatic nitrogens is 1. The number of nitrogens with one attached hydrogen (secondary N) is 1. The molecule has 0 aliphatic carbocycles. The summed E-state index contributed by atoms with van der Waals surface area (Å²) in [6.07, 6.45) is 2.31. The Morgan fingerprint density at radius 3 is 2.57 bits per heavy atom. The van der Waals surface area contributed by atoms with Gasteiger partial charge in [-0.15, -0.1) is 11.3 Å². The zero-order valence-electron chi connectivity index (χ0n) is 13.1. The lowest BCUT2D eigenvalue weighted by molar-refractivity contribution is 0.305. The van der Waals surface area contributed by atoms with E-state index in [0.717, 1.165) is 35.8 Å². The normalized spacial score (nSPS) is 11.0. The molecule has 0 spiro atoms. The largest absolute Gasteiger partial charge is 0.486 e. The summed E-state index contributed by atoms with van der Waals surface area (Å²) in [5.41, 5.74) is 2.35. The van der Waals surface area contributed by atoms with Crippen molar-refractivity contribution in [3.63, 3.8) is 0 Å². The third kappa shape index (κ3) is 5.14. The van der Waals surface area contributed by atoms with Gasteiger partial charge in [-0.05, 0) is 31.9 Å². The van der Waals surface area contributed by atoms with Gasteiger partial charge in [-0.3, -0.25) is 0 Å². The van der Waals surface area contributed by atoms with Crippen molar-refractivity contribution in [2.75, 3.05) is 0 Å². The van der Waals surface area contributed by atoms with E-state index < -0.39 is 0 Å². The number of thiazole rings is 1. The van der Waals surface area contributed by atoms with E-state index in [0.29, 0.717) is 12.6 Å². The molecular weight excluding hydrogens is 280 g/mol. The smallest absolute Gasteiger partial charge is 0.140 e. The van der Waals surface area contributed by atoms with Gasteiger partial charge in [0.15, 0.2) is 0 Å². The Balaban J connectivity index is 1.81. The minimum atomic E-state index is 0.540. The summed E-state index contributed by atoms with van der Waals surface area (Å²) in [5, 5.41) is 6.67. The highest BCUT2D eigenvalue weighted by atomic mass is 32.1. The summed E-state index contributed by atoms with van der Waals surface area (Å²) < 4.78 is 5.76. The quantitative estimate of drug-likeness (QED) is 0.789. The highest BCUT2D eigenvalue weighted by Crippen LogP contribution is 2.16. The molecule has 4 heteroatoms. The van der Waals surface area contributed by atoms with E-state index in [-0.39, 0.29) is 0 Å². The van der Waals surface area contributed by atoms with Crippen LogP contribution in [-0.2, 0) is 13.2 Å². The lowest BCUT2D eigenvalue weighted by Crippen LogP contribution is -2.27. The summed E-state index contributed by atoms with van der Waals surface area (Å²) in [6, 6.07) is 8.69. The molecule has 0 bridgehead atoms. The maximum absolute atomic E-state index is 5.76. The van der Waals surface area contributed by atoms with E-state index >= 15 is 0 Å². The third-order valence-corrected chi connectivity index (χ3v) is 4.41. The standard InChI is InChI=1S/C17H24N2OS/c1-4-14(5-2)18-10-15-12-21-17(19-15)11-20-16-8-6-13(3)7-9-16/h6-9,12,14,18H,4-5,10-11H2,1-3H3. The molecule has 0 radical (unpaired) electrons. The molecule has 0 aliphatic heterocycles. The predicted molar refractivity (Wildman–Crippen MR) is 88.8 cm³/mol. The number of rotatable bonds is 8. The van der Waals surface area contributed by atoms with Gasteiger partial charge in [-0.1, -0.05) is 31.5 Å². The zero-order chi connectivity index (χ0) is 15.1. The highest BCUT2D eigenvalue weighted by molar-refractivity contribution is 7.09. The summed E-state index contributed by atoms with van der Waals surface area (Å²) in [6.45, 7) is 7.88. The maximum Gasteiger partial charge on any atom is 0.140 e. The average molecular weight is 304 g/mol. The van der Waals surface area contributed by atoms with Crippen LogP contribution in [0.4, 0.5) is 0 Å². The van der Waals surface area contributed by atoms with Crippen LogP contribution in [0.3, 0.4) is 0 Å². The SMILES string of the molecule is CCC(CC)NCc1csc(COc2ccc(C)cc2)n1. The Morgan fingerprint density at radius 1 is 1.19 bits per heavy atom. The molecule has 3 nitrogen and oxygen atoms in total. The van der Waals surface area contributed by atoms with Crippen LogP contribution in [0, 0.1) is 6.92 Å². The summed E-state index contributed by atoms with van der Waals surface area (Å²) in [4.78, 5) is 4.61. The van der Waals surface area contributed by atoms with Gasteiger partial charge in [-0.2, -0.15) is 0 Å². The van der Waals surface area contributed by atoms with Gasteiger partial charge in [0.1, 0.15) is 17.4 Å². The Labute approximate surface area is 131 Å². The fraction of sp³-hybridized carbons (Fsp3) is 0.471.